The van der Waals surface area contributed by atoms with Crippen LogP contribution in [0.1, 0.15) is 15.2 Å². The Balaban J connectivity index is 1.48. The van der Waals surface area contributed by atoms with Crippen LogP contribution in [0.4, 0.5) is 11.5 Å². The van der Waals surface area contributed by atoms with Gasteiger partial charge in [-0.1, -0.05) is 24.3 Å². The lowest BCUT2D eigenvalue weighted by molar-refractivity contribution is 0.102. The molecule has 0 atom stereocenters. The predicted molar refractivity (Wildman–Crippen MR) is 122 cm³/mol. The molecule has 2 aromatic heterocycles. The number of anilines is 2. The topological polar surface area (TPSA) is 84.3 Å². The van der Waals surface area contributed by atoms with E-state index in [9.17, 15) is 13.2 Å². The van der Waals surface area contributed by atoms with E-state index in [4.69, 9.17) is 0 Å². The number of sulfonamides is 1. The van der Waals surface area contributed by atoms with Crippen molar-refractivity contribution in [3.05, 3.63) is 94.8 Å². The van der Waals surface area contributed by atoms with Crippen molar-refractivity contribution in [2.45, 2.75) is 11.4 Å². The molecular weight excluding hydrogens is 432 g/mol. The maximum absolute atomic E-state index is 12.9. The largest absolute Gasteiger partial charge is 0.307 e. The molecule has 4 aromatic rings. The Bertz CT molecular complexity index is 1270. The highest BCUT2D eigenvalue weighted by Gasteiger charge is 2.21. The van der Waals surface area contributed by atoms with Crippen LogP contribution in [0.25, 0.3) is 0 Å². The smallest absolute Gasteiger partial charge is 0.264 e. The molecule has 9 heteroatoms. The van der Waals surface area contributed by atoms with Crippen LogP contribution in [-0.4, -0.2) is 31.2 Å². The van der Waals surface area contributed by atoms with E-state index in [2.05, 4.69) is 10.4 Å². The molecule has 31 heavy (non-hydrogen) atoms. The van der Waals surface area contributed by atoms with Gasteiger partial charge in [0.2, 0.25) is 0 Å². The van der Waals surface area contributed by atoms with E-state index in [0.717, 1.165) is 4.88 Å². The zero-order valence-electron chi connectivity index (χ0n) is 16.7. The minimum absolute atomic E-state index is 0.109. The first-order valence-electron chi connectivity index (χ1n) is 9.45. The molecule has 2 heterocycles. The first kappa shape index (κ1) is 20.8. The molecule has 2 aromatic carbocycles. The number of benzene rings is 2. The van der Waals surface area contributed by atoms with Crippen LogP contribution in [-0.2, 0) is 16.6 Å². The molecule has 0 saturated carbocycles. The maximum atomic E-state index is 12.9. The van der Waals surface area contributed by atoms with Crippen molar-refractivity contribution >= 4 is 38.8 Å². The Kier molecular flexibility index (Phi) is 5.88. The SMILES string of the molecule is CN(c1ccccc1)S(=O)(=O)c1ccc(C(=O)Nc2ccnn2Cc2cccs2)cc1. The maximum Gasteiger partial charge on any atom is 0.264 e. The second-order valence-corrected chi connectivity index (χ2v) is 9.74. The van der Waals surface area contributed by atoms with Crippen LogP contribution in [0.15, 0.2) is 89.3 Å². The number of amides is 1. The van der Waals surface area contributed by atoms with Gasteiger partial charge in [-0.15, -0.1) is 11.3 Å². The van der Waals surface area contributed by atoms with Gasteiger partial charge in [-0.25, -0.2) is 13.1 Å². The van der Waals surface area contributed by atoms with Gasteiger partial charge in [0.15, 0.2) is 0 Å². The quantitative estimate of drug-likeness (QED) is 0.458. The first-order chi connectivity index (χ1) is 14.9. The summed E-state index contributed by atoms with van der Waals surface area (Å²) in [6.07, 6.45) is 1.62. The summed E-state index contributed by atoms with van der Waals surface area (Å²) in [5.74, 6) is 0.229. The molecule has 0 aliphatic heterocycles. The summed E-state index contributed by atoms with van der Waals surface area (Å²) in [6, 6.07) is 20.4. The van der Waals surface area contributed by atoms with E-state index in [1.165, 1.54) is 35.6 Å². The zero-order valence-corrected chi connectivity index (χ0v) is 18.3. The van der Waals surface area contributed by atoms with Gasteiger partial charge >= 0.3 is 0 Å². The van der Waals surface area contributed by atoms with E-state index < -0.39 is 10.0 Å². The third-order valence-electron chi connectivity index (χ3n) is 4.74. The van der Waals surface area contributed by atoms with Crippen LogP contribution < -0.4 is 9.62 Å². The summed E-state index contributed by atoms with van der Waals surface area (Å²) in [6.45, 7) is 0.559. The lowest BCUT2D eigenvalue weighted by Gasteiger charge is -2.19. The molecule has 0 fully saturated rings. The lowest BCUT2D eigenvalue weighted by Crippen LogP contribution is -2.26. The number of rotatable bonds is 7. The molecule has 0 aliphatic rings. The van der Waals surface area contributed by atoms with Crippen molar-refractivity contribution in [2.24, 2.45) is 0 Å². The second kappa shape index (κ2) is 8.75. The number of nitrogens with one attached hydrogen (secondary N) is 1. The molecule has 4 rings (SSSR count). The third-order valence-corrected chi connectivity index (χ3v) is 7.40. The Morgan fingerprint density at radius 2 is 1.77 bits per heavy atom. The molecule has 0 aliphatic carbocycles. The van der Waals surface area contributed by atoms with E-state index >= 15 is 0 Å². The second-order valence-electron chi connectivity index (χ2n) is 6.74. The van der Waals surface area contributed by atoms with Gasteiger partial charge in [0.05, 0.1) is 23.3 Å². The number of aromatic nitrogens is 2. The summed E-state index contributed by atoms with van der Waals surface area (Å²) in [4.78, 5) is 13.9. The van der Waals surface area contributed by atoms with Crippen LogP contribution in [0.5, 0.6) is 0 Å². The molecule has 1 N–H and O–H groups in total. The van der Waals surface area contributed by atoms with Crippen molar-refractivity contribution < 1.29 is 13.2 Å². The standard InChI is InChI=1S/C22H20N4O3S2/c1-25(18-6-3-2-4-7-18)31(28,29)20-11-9-17(10-12-20)22(27)24-21-13-14-23-26(21)16-19-8-5-15-30-19/h2-15H,16H2,1H3,(H,24,27). The number of thiophene rings is 1. The summed E-state index contributed by atoms with van der Waals surface area (Å²) in [5, 5.41) is 9.08. The summed E-state index contributed by atoms with van der Waals surface area (Å²) in [5.41, 5.74) is 0.911. The van der Waals surface area contributed by atoms with Crippen molar-refractivity contribution in [1.82, 2.24) is 9.78 Å². The van der Waals surface area contributed by atoms with Gasteiger partial charge in [-0.05, 0) is 47.8 Å². The summed E-state index contributed by atoms with van der Waals surface area (Å²) < 4.78 is 28.7. The van der Waals surface area contributed by atoms with Gasteiger partial charge in [-0.2, -0.15) is 5.10 Å². The molecule has 0 radical (unpaired) electrons. The van der Waals surface area contributed by atoms with Crippen LogP contribution in [0.3, 0.4) is 0 Å². The third kappa shape index (κ3) is 4.52. The highest BCUT2D eigenvalue weighted by molar-refractivity contribution is 7.92. The van der Waals surface area contributed by atoms with Crippen molar-refractivity contribution in [3.63, 3.8) is 0 Å². The molecular formula is C22H20N4O3S2. The Hall–Kier alpha value is -3.43. The van der Waals surface area contributed by atoms with Crippen molar-refractivity contribution in [3.8, 4) is 0 Å². The Labute approximate surface area is 184 Å². The fourth-order valence-electron chi connectivity index (χ4n) is 3.02. The normalized spacial score (nSPS) is 11.3. The van der Waals surface area contributed by atoms with Crippen LogP contribution >= 0.6 is 11.3 Å². The average molecular weight is 453 g/mol. The molecule has 0 bridgehead atoms. The van der Waals surface area contributed by atoms with Gasteiger partial charge in [0, 0.05) is 23.6 Å². The first-order valence-corrected chi connectivity index (χ1v) is 11.8. The predicted octanol–water partition coefficient (Wildman–Crippen LogP) is 4.07. The summed E-state index contributed by atoms with van der Waals surface area (Å²) >= 11 is 1.62. The molecule has 7 nitrogen and oxygen atoms in total. The fraction of sp³-hybridized carbons (Fsp3) is 0.0909. The monoisotopic (exact) mass is 452 g/mol. The fourth-order valence-corrected chi connectivity index (χ4v) is 4.90. The van der Waals surface area contributed by atoms with Crippen molar-refractivity contribution in [2.75, 3.05) is 16.7 Å². The molecule has 0 spiro atoms. The highest BCUT2D eigenvalue weighted by Crippen LogP contribution is 2.22. The molecule has 158 valence electrons. The van der Waals surface area contributed by atoms with E-state index in [1.807, 2.05) is 23.6 Å². The number of hydrogen-bond acceptors (Lipinski definition) is 5. The van der Waals surface area contributed by atoms with Gasteiger partial charge in [0.25, 0.3) is 15.9 Å². The zero-order chi connectivity index (χ0) is 21.8. The number of carbonyl (C=O) groups is 1. The lowest BCUT2D eigenvalue weighted by atomic mass is 10.2. The highest BCUT2D eigenvalue weighted by atomic mass is 32.2. The van der Waals surface area contributed by atoms with Crippen LogP contribution in [0.2, 0.25) is 0 Å². The number of nitrogens with zero attached hydrogens (tertiary/aromatic N) is 3. The van der Waals surface area contributed by atoms with Gasteiger partial charge < -0.3 is 5.32 Å². The minimum atomic E-state index is -3.73. The number of carbonyl (C=O) groups excluding carboxylic acids is 1. The van der Waals surface area contributed by atoms with Gasteiger partial charge in [0.1, 0.15) is 5.82 Å². The van der Waals surface area contributed by atoms with E-state index in [0.29, 0.717) is 23.6 Å². The Morgan fingerprint density at radius 1 is 1.03 bits per heavy atom. The molecule has 0 unspecified atom stereocenters. The minimum Gasteiger partial charge on any atom is -0.307 e. The van der Waals surface area contributed by atoms with E-state index in [-0.39, 0.29) is 10.8 Å². The number of hydrogen-bond donors (Lipinski definition) is 1. The average Bonchev–Trinajstić information content (AvgIpc) is 3.46. The van der Waals surface area contributed by atoms with Gasteiger partial charge in [-0.3, -0.25) is 9.10 Å². The Morgan fingerprint density at radius 3 is 2.45 bits per heavy atom. The summed E-state index contributed by atoms with van der Waals surface area (Å²) in [7, 11) is -2.23. The number of para-hydroxylation sites is 1. The van der Waals surface area contributed by atoms with E-state index in [1.54, 1.807) is 52.5 Å². The van der Waals surface area contributed by atoms with Crippen molar-refractivity contribution in [1.29, 1.82) is 0 Å². The van der Waals surface area contributed by atoms with Crippen LogP contribution in [0, 0.1) is 0 Å². The molecule has 0 saturated heterocycles. The molecule has 1 amide bonds.